The van der Waals surface area contributed by atoms with Crippen LogP contribution in [0.1, 0.15) is 54.0 Å². The summed E-state index contributed by atoms with van der Waals surface area (Å²) in [6, 6.07) is 6.97. The van der Waals surface area contributed by atoms with Gasteiger partial charge in [-0.1, -0.05) is 24.3 Å². The normalized spacial score (nSPS) is 19.1. The van der Waals surface area contributed by atoms with E-state index in [9.17, 15) is 9.90 Å². The summed E-state index contributed by atoms with van der Waals surface area (Å²) in [6.07, 6.45) is 1.25. The molecule has 27 heavy (non-hydrogen) atoms. The van der Waals surface area contributed by atoms with Crippen molar-refractivity contribution in [3.05, 3.63) is 35.3 Å². The molecule has 0 unspecified atom stereocenters. The molecule has 1 fully saturated rings. The third-order valence-electron chi connectivity index (χ3n) is 4.67. The number of carbonyl (C=O) groups excluding carboxylic acids is 1. The SMILES string of the molecule is CC(C)(C)OC(=O)NCC(=Cc1ccccc1O)B1OC(C)(C)C(C)(C)O1. The van der Waals surface area contributed by atoms with Gasteiger partial charge in [-0.25, -0.2) is 4.79 Å². The van der Waals surface area contributed by atoms with Gasteiger partial charge in [0, 0.05) is 12.1 Å². The molecule has 1 aliphatic rings. The summed E-state index contributed by atoms with van der Waals surface area (Å²) in [6.45, 7) is 13.4. The minimum Gasteiger partial charge on any atom is -0.507 e. The maximum absolute atomic E-state index is 12.1. The van der Waals surface area contributed by atoms with E-state index in [-0.39, 0.29) is 12.3 Å². The van der Waals surface area contributed by atoms with E-state index in [1.165, 1.54) is 0 Å². The van der Waals surface area contributed by atoms with Crippen molar-refractivity contribution < 1.29 is 23.9 Å². The number of amides is 1. The van der Waals surface area contributed by atoms with E-state index in [4.69, 9.17) is 14.0 Å². The number of ether oxygens (including phenoxy) is 1. The van der Waals surface area contributed by atoms with Crippen molar-refractivity contribution in [2.75, 3.05) is 6.54 Å². The van der Waals surface area contributed by atoms with Crippen molar-refractivity contribution >= 4 is 19.3 Å². The number of benzene rings is 1. The topological polar surface area (TPSA) is 77.0 Å². The molecule has 0 aromatic heterocycles. The minimum atomic E-state index is -0.649. The Morgan fingerprint density at radius 3 is 2.26 bits per heavy atom. The third-order valence-corrected chi connectivity index (χ3v) is 4.67. The van der Waals surface area contributed by atoms with Crippen molar-refractivity contribution in [2.24, 2.45) is 0 Å². The number of nitrogens with one attached hydrogen (secondary N) is 1. The molecule has 0 atom stereocenters. The Labute approximate surface area is 162 Å². The summed E-state index contributed by atoms with van der Waals surface area (Å²) >= 11 is 0. The largest absolute Gasteiger partial charge is 0.507 e. The molecule has 0 bridgehead atoms. The van der Waals surface area contributed by atoms with Gasteiger partial charge in [-0.05, 0) is 60.0 Å². The van der Waals surface area contributed by atoms with E-state index in [1.54, 1.807) is 45.0 Å². The molecule has 1 aliphatic heterocycles. The molecule has 1 amide bonds. The molecule has 1 heterocycles. The van der Waals surface area contributed by atoms with Gasteiger partial charge in [0.2, 0.25) is 0 Å². The Hall–Kier alpha value is -1.99. The van der Waals surface area contributed by atoms with Gasteiger partial charge in [0.25, 0.3) is 0 Å². The molecule has 7 heteroatoms. The van der Waals surface area contributed by atoms with E-state index in [0.717, 1.165) is 0 Å². The van der Waals surface area contributed by atoms with Crippen LogP contribution < -0.4 is 5.32 Å². The fourth-order valence-corrected chi connectivity index (χ4v) is 2.49. The maximum atomic E-state index is 12.1. The summed E-state index contributed by atoms with van der Waals surface area (Å²) in [7, 11) is -0.649. The monoisotopic (exact) mass is 375 g/mol. The summed E-state index contributed by atoms with van der Waals surface area (Å²) in [5.41, 5.74) is -0.312. The first-order valence-electron chi connectivity index (χ1n) is 9.12. The first-order chi connectivity index (χ1) is 12.3. The van der Waals surface area contributed by atoms with Crippen LogP contribution in [0, 0.1) is 0 Å². The van der Waals surface area contributed by atoms with Gasteiger partial charge in [0.05, 0.1) is 11.2 Å². The minimum absolute atomic E-state index is 0.142. The highest BCUT2D eigenvalue weighted by atomic mass is 16.7. The number of para-hydroxylation sites is 1. The number of carbonyl (C=O) groups is 1. The van der Waals surface area contributed by atoms with Crippen molar-refractivity contribution in [1.29, 1.82) is 0 Å². The van der Waals surface area contributed by atoms with Crippen LogP contribution in [-0.4, -0.2) is 41.7 Å². The molecular weight excluding hydrogens is 345 g/mol. The Balaban J connectivity index is 2.25. The van der Waals surface area contributed by atoms with Gasteiger partial charge in [0.1, 0.15) is 11.4 Å². The summed E-state index contributed by atoms with van der Waals surface area (Å²) in [4.78, 5) is 12.1. The van der Waals surface area contributed by atoms with Crippen molar-refractivity contribution in [1.82, 2.24) is 5.32 Å². The zero-order valence-electron chi connectivity index (χ0n) is 17.3. The van der Waals surface area contributed by atoms with E-state index < -0.39 is 30.0 Å². The molecule has 0 spiro atoms. The Bertz CT molecular complexity index is 705. The molecule has 1 aromatic carbocycles. The second-order valence-electron chi connectivity index (χ2n) is 8.72. The van der Waals surface area contributed by atoms with Crippen LogP contribution in [0.5, 0.6) is 5.75 Å². The zero-order chi connectivity index (χ0) is 20.5. The van der Waals surface area contributed by atoms with Crippen LogP contribution in [0.25, 0.3) is 6.08 Å². The van der Waals surface area contributed by atoms with Crippen LogP contribution in [0.15, 0.2) is 29.7 Å². The summed E-state index contributed by atoms with van der Waals surface area (Å²) in [5.74, 6) is 0.142. The predicted octanol–water partition coefficient (Wildman–Crippen LogP) is 3.93. The number of hydrogen-bond donors (Lipinski definition) is 2. The lowest BCUT2D eigenvalue weighted by Gasteiger charge is -2.32. The average Bonchev–Trinajstić information content (AvgIpc) is 2.71. The third kappa shape index (κ3) is 5.50. The van der Waals surface area contributed by atoms with Crippen LogP contribution in [0.2, 0.25) is 0 Å². The van der Waals surface area contributed by atoms with Gasteiger partial charge >= 0.3 is 13.2 Å². The Morgan fingerprint density at radius 2 is 1.74 bits per heavy atom. The predicted molar refractivity (Wildman–Crippen MR) is 106 cm³/mol. The zero-order valence-corrected chi connectivity index (χ0v) is 17.3. The molecule has 0 aliphatic carbocycles. The van der Waals surface area contributed by atoms with E-state index >= 15 is 0 Å². The molecule has 0 radical (unpaired) electrons. The fourth-order valence-electron chi connectivity index (χ4n) is 2.49. The molecule has 6 nitrogen and oxygen atoms in total. The van der Waals surface area contributed by atoms with E-state index in [2.05, 4.69) is 5.32 Å². The van der Waals surface area contributed by atoms with E-state index in [1.807, 2.05) is 33.8 Å². The number of aromatic hydroxyl groups is 1. The highest BCUT2D eigenvalue weighted by Gasteiger charge is 2.52. The maximum Gasteiger partial charge on any atom is 0.492 e. The molecular formula is C20H30BNO5. The summed E-state index contributed by atoms with van der Waals surface area (Å²) < 4.78 is 17.5. The van der Waals surface area contributed by atoms with Crippen molar-refractivity contribution in [3.8, 4) is 5.75 Å². The van der Waals surface area contributed by atoms with Crippen LogP contribution in [0.4, 0.5) is 4.79 Å². The first kappa shape index (κ1) is 21.3. The lowest BCUT2D eigenvalue weighted by molar-refractivity contribution is 0.00578. The van der Waals surface area contributed by atoms with Crippen LogP contribution in [0.3, 0.4) is 0 Å². The summed E-state index contributed by atoms with van der Waals surface area (Å²) in [5, 5.41) is 12.8. The van der Waals surface area contributed by atoms with Gasteiger partial charge in [-0.2, -0.15) is 0 Å². The number of phenols is 1. The molecule has 2 N–H and O–H groups in total. The highest BCUT2D eigenvalue weighted by molar-refractivity contribution is 6.56. The van der Waals surface area contributed by atoms with Gasteiger partial charge in [-0.15, -0.1) is 0 Å². The molecule has 148 valence electrons. The van der Waals surface area contributed by atoms with Gasteiger partial charge in [0.15, 0.2) is 0 Å². The number of hydrogen-bond acceptors (Lipinski definition) is 5. The smallest absolute Gasteiger partial charge is 0.492 e. The number of phenolic OH excluding ortho intramolecular Hbond substituents is 1. The second-order valence-corrected chi connectivity index (χ2v) is 8.72. The molecule has 1 aromatic rings. The van der Waals surface area contributed by atoms with Gasteiger partial charge < -0.3 is 24.5 Å². The van der Waals surface area contributed by atoms with E-state index in [0.29, 0.717) is 11.0 Å². The first-order valence-corrected chi connectivity index (χ1v) is 9.12. The van der Waals surface area contributed by atoms with Crippen molar-refractivity contribution in [2.45, 2.75) is 65.3 Å². The quantitative estimate of drug-likeness (QED) is 0.780. The number of alkyl carbamates (subject to hydrolysis) is 1. The van der Waals surface area contributed by atoms with Crippen LogP contribution in [-0.2, 0) is 14.0 Å². The Morgan fingerprint density at radius 1 is 1.19 bits per heavy atom. The second kappa shape index (κ2) is 7.56. The average molecular weight is 375 g/mol. The molecule has 2 rings (SSSR count). The molecule has 0 saturated carbocycles. The lowest BCUT2D eigenvalue weighted by atomic mass is 9.77. The van der Waals surface area contributed by atoms with Gasteiger partial charge in [-0.3, -0.25) is 0 Å². The van der Waals surface area contributed by atoms with Crippen LogP contribution >= 0.6 is 0 Å². The van der Waals surface area contributed by atoms with Crippen molar-refractivity contribution in [3.63, 3.8) is 0 Å². The highest BCUT2D eigenvalue weighted by Crippen LogP contribution is 2.39. The molecule has 1 saturated heterocycles. The number of rotatable bonds is 4. The standard InChI is InChI=1S/C20H30BNO5/c1-18(2,3)25-17(24)22-13-15(12-14-10-8-9-11-16(14)23)21-26-19(4,5)20(6,7)27-21/h8-12,23H,13H2,1-7H3,(H,22,24). The Kier molecular flexibility index (Phi) is 5.97. The lowest BCUT2D eigenvalue weighted by Crippen LogP contribution is -2.41. The fraction of sp³-hybridized carbons (Fsp3) is 0.550.